The van der Waals surface area contributed by atoms with Gasteiger partial charge in [0.05, 0.1) is 22.1 Å². The molecule has 27 heavy (non-hydrogen) atoms. The van der Waals surface area contributed by atoms with Gasteiger partial charge in [0.25, 0.3) is 5.69 Å². The first-order valence-electron chi connectivity index (χ1n) is 7.92. The van der Waals surface area contributed by atoms with E-state index in [1.54, 1.807) is 0 Å². The fourth-order valence-corrected chi connectivity index (χ4v) is 3.14. The van der Waals surface area contributed by atoms with Crippen LogP contribution in [-0.4, -0.2) is 20.6 Å². The maximum absolute atomic E-state index is 11.2. The van der Waals surface area contributed by atoms with E-state index in [1.807, 2.05) is 35.8 Å². The molecule has 0 fully saturated rings. The summed E-state index contributed by atoms with van der Waals surface area (Å²) in [4.78, 5) is 20.6. The first-order valence-corrected chi connectivity index (χ1v) is 8.30. The number of hydrogen-bond acceptors (Lipinski definition) is 6. The molecule has 0 aliphatic rings. The van der Waals surface area contributed by atoms with Gasteiger partial charge < -0.3 is 4.57 Å². The fourth-order valence-electron chi connectivity index (χ4n) is 2.78. The Hall–Kier alpha value is -3.46. The lowest BCUT2D eigenvalue weighted by Gasteiger charge is -2.02. The number of aryl methyl sites for hydroxylation is 1. The summed E-state index contributed by atoms with van der Waals surface area (Å²) in [7, 11) is 0. The van der Waals surface area contributed by atoms with Crippen molar-refractivity contribution in [2.75, 3.05) is 5.43 Å². The summed E-state index contributed by atoms with van der Waals surface area (Å²) in [5.41, 5.74) is 3.42. The second-order valence-electron chi connectivity index (χ2n) is 5.55. The molecule has 1 heterocycles. The number of fused-ring (bicyclic) bond motifs is 1. The van der Waals surface area contributed by atoms with E-state index in [9.17, 15) is 20.2 Å². The number of anilines is 1. The van der Waals surface area contributed by atoms with E-state index in [0.717, 1.165) is 17.0 Å². The van der Waals surface area contributed by atoms with Crippen molar-refractivity contribution in [3.05, 3.63) is 73.4 Å². The third-order valence-electron chi connectivity index (χ3n) is 4.03. The number of nitro benzene ring substituents is 2. The zero-order valence-corrected chi connectivity index (χ0v) is 14.9. The lowest BCUT2D eigenvalue weighted by Crippen LogP contribution is -1.99. The molecule has 1 aromatic heterocycles. The molecule has 9 nitrogen and oxygen atoms in total. The molecule has 1 N–H and O–H groups in total. The molecule has 0 bridgehead atoms. The molecule has 0 aliphatic carbocycles. The van der Waals surface area contributed by atoms with E-state index < -0.39 is 15.5 Å². The van der Waals surface area contributed by atoms with Crippen LogP contribution < -0.4 is 5.43 Å². The topological polar surface area (TPSA) is 116 Å². The van der Waals surface area contributed by atoms with Crippen LogP contribution in [0, 0.1) is 20.2 Å². The minimum absolute atomic E-state index is 0.0391. The van der Waals surface area contributed by atoms with Crippen molar-refractivity contribution in [1.29, 1.82) is 0 Å². The predicted octanol–water partition coefficient (Wildman–Crippen LogP) is 4.58. The molecule has 0 unspecified atom stereocenters. The quantitative estimate of drug-likeness (QED) is 0.377. The van der Waals surface area contributed by atoms with Crippen LogP contribution in [0.5, 0.6) is 0 Å². The molecular weight excluding hydrogens is 374 g/mol. The van der Waals surface area contributed by atoms with E-state index in [2.05, 4.69) is 10.5 Å². The fraction of sp³-hybridized carbons (Fsp3) is 0.118. The second-order valence-corrected chi connectivity index (χ2v) is 5.91. The maximum atomic E-state index is 11.2. The number of nitro groups is 2. The molecule has 2 aromatic carbocycles. The minimum atomic E-state index is -0.708. The second kappa shape index (κ2) is 7.42. The number of non-ortho nitro benzene ring substituents is 1. The first kappa shape index (κ1) is 18.3. The van der Waals surface area contributed by atoms with Crippen LogP contribution in [0.1, 0.15) is 12.5 Å². The van der Waals surface area contributed by atoms with Crippen molar-refractivity contribution in [2.24, 2.45) is 5.10 Å². The largest absolute Gasteiger partial charge is 0.331 e. The zero-order chi connectivity index (χ0) is 19.6. The van der Waals surface area contributed by atoms with Crippen molar-refractivity contribution in [2.45, 2.75) is 13.5 Å². The Kier molecular flexibility index (Phi) is 5.04. The van der Waals surface area contributed by atoms with Crippen LogP contribution in [-0.2, 0) is 6.54 Å². The molecule has 0 radical (unpaired) electrons. The minimum Gasteiger partial charge on any atom is -0.331 e. The van der Waals surface area contributed by atoms with Crippen molar-refractivity contribution in [3.8, 4) is 0 Å². The van der Waals surface area contributed by atoms with Crippen LogP contribution in [0.4, 0.5) is 17.1 Å². The molecule has 0 amide bonds. The van der Waals surface area contributed by atoms with Gasteiger partial charge in [0, 0.05) is 29.1 Å². The predicted molar refractivity (Wildman–Crippen MR) is 104 cm³/mol. The highest BCUT2D eigenvalue weighted by molar-refractivity contribution is 6.34. The lowest BCUT2D eigenvalue weighted by atomic mass is 10.2. The Labute approximate surface area is 158 Å². The normalized spacial score (nSPS) is 11.2. The Morgan fingerprint density at radius 1 is 1.19 bits per heavy atom. The number of halogens is 1. The summed E-state index contributed by atoms with van der Waals surface area (Å²) in [5.74, 6) is 0. The van der Waals surface area contributed by atoms with Gasteiger partial charge in [0.1, 0.15) is 10.8 Å². The Morgan fingerprint density at radius 3 is 2.59 bits per heavy atom. The van der Waals surface area contributed by atoms with Gasteiger partial charge >= 0.3 is 5.69 Å². The van der Waals surface area contributed by atoms with Crippen molar-refractivity contribution >= 4 is 45.8 Å². The van der Waals surface area contributed by atoms with Gasteiger partial charge in [0.2, 0.25) is 0 Å². The highest BCUT2D eigenvalue weighted by atomic mass is 35.5. The van der Waals surface area contributed by atoms with Gasteiger partial charge in [-0.15, -0.1) is 0 Å². The Bertz CT molecular complexity index is 1080. The smallest absolute Gasteiger partial charge is 0.301 e. The number of benzene rings is 2. The summed E-state index contributed by atoms with van der Waals surface area (Å²) < 4.78 is 1.92. The van der Waals surface area contributed by atoms with Crippen LogP contribution in [0.3, 0.4) is 0 Å². The van der Waals surface area contributed by atoms with Crippen molar-refractivity contribution < 1.29 is 9.85 Å². The molecule has 0 atom stereocenters. The number of aromatic nitrogens is 1. The number of nitrogens with one attached hydrogen (secondary N) is 1. The first-order chi connectivity index (χ1) is 12.9. The number of hydrazone groups is 1. The molecule has 0 spiro atoms. The average molecular weight is 388 g/mol. The standard InChI is InChI=1S/C17H14ClN5O4/c1-2-21-15-6-4-3-5-12(15)13(17(21)18)10-19-20-14-8-7-11(22(24)25)9-16(14)23(26)27/h3-10,20H,2H2,1H3/b19-10+. The van der Waals surface area contributed by atoms with Gasteiger partial charge in [0.15, 0.2) is 0 Å². The highest BCUT2D eigenvalue weighted by Gasteiger charge is 2.19. The molecule has 0 aliphatic heterocycles. The van der Waals surface area contributed by atoms with E-state index in [1.165, 1.54) is 18.3 Å². The monoisotopic (exact) mass is 387 g/mol. The summed E-state index contributed by atoms with van der Waals surface area (Å²) in [6.45, 7) is 2.65. The lowest BCUT2D eigenvalue weighted by molar-refractivity contribution is -0.393. The summed E-state index contributed by atoms with van der Waals surface area (Å²) in [5, 5.41) is 27.4. The van der Waals surface area contributed by atoms with Crippen LogP contribution in [0.2, 0.25) is 5.15 Å². The molecule has 0 saturated heterocycles. The number of para-hydroxylation sites is 1. The Balaban J connectivity index is 1.95. The third-order valence-corrected chi connectivity index (χ3v) is 4.44. The van der Waals surface area contributed by atoms with Gasteiger partial charge in [-0.3, -0.25) is 25.7 Å². The summed E-state index contributed by atoms with van der Waals surface area (Å²) in [6.07, 6.45) is 1.47. The average Bonchev–Trinajstić information content (AvgIpc) is 2.92. The Morgan fingerprint density at radius 2 is 1.93 bits per heavy atom. The maximum Gasteiger partial charge on any atom is 0.301 e. The summed E-state index contributed by atoms with van der Waals surface area (Å²) in [6, 6.07) is 10.9. The van der Waals surface area contributed by atoms with Gasteiger partial charge in [-0.25, -0.2) is 0 Å². The number of hydrogen-bond donors (Lipinski definition) is 1. The molecule has 0 saturated carbocycles. The molecular formula is C17H14ClN5O4. The van der Waals surface area contributed by atoms with Crippen LogP contribution >= 0.6 is 11.6 Å². The van der Waals surface area contributed by atoms with Crippen LogP contribution in [0.15, 0.2) is 47.6 Å². The van der Waals surface area contributed by atoms with E-state index in [0.29, 0.717) is 17.3 Å². The van der Waals surface area contributed by atoms with Crippen molar-refractivity contribution in [1.82, 2.24) is 4.57 Å². The molecule has 3 aromatic rings. The number of nitrogens with zero attached hydrogens (tertiary/aromatic N) is 4. The molecule has 138 valence electrons. The van der Waals surface area contributed by atoms with E-state index in [-0.39, 0.29) is 11.4 Å². The molecule has 10 heteroatoms. The van der Waals surface area contributed by atoms with Gasteiger partial charge in [-0.2, -0.15) is 5.10 Å². The summed E-state index contributed by atoms with van der Waals surface area (Å²) >= 11 is 6.43. The van der Waals surface area contributed by atoms with E-state index in [4.69, 9.17) is 11.6 Å². The molecule has 3 rings (SSSR count). The highest BCUT2D eigenvalue weighted by Crippen LogP contribution is 2.30. The van der Waals surface area contributed by atoms with E-state index >= 15 is 0 Å². The van der Waals surface area contributed by atoms with Gasteiger partial charge in [-0.1, -0.05) is 29.8 Å². The van der Waals surface area contributed by atoms with Crippen molar-refractivity contribution in [3.63, 3.8) is 0 Å². The number of rotatable bonds is 6. The van der Waals surface area contributed by atoms with Crippen LogP contribution in [0.25, 0.3) is 10.9 Å². The zero-order valence-electron chi connectivity index (χ0n) is 14.1. The van der Waals surface area contributed by atoms with Gasteiger partial charge in [-0.05, 0) is 19.1 Å². The SMILES string of the molecule is CCn1c(Cl)c(/C=N/Nc2ccc([N+](=O)[O-])cc2[N+](=O)[O-])c2ccccc21. The third kappa shape index (κ3) is 3.44.